The number of carbonyl (C=O) groups is 2. The van der Waals surface area contributed by atoms with Crippen LogP contribution in [0.4, 0.5) is 4.79 Å². The van der Waals surface area contributed by atoms with E-state index in [0.717, 1.165) is 0 Å². The lowest BCUT2D eigenvalue weighted by Crippen LogP contribution is -2.40. The summed E-state index contributed by atoms with van der Waals surface area (Å²) >= 11 is 0. The lowest BCUT2D eigenvalue weighted by Gasteiger charge is -2.13. The van der Waals surface area contributed by atoms with Crippen molar-refractivity contribution in [2.45, 2.75) is 19.8 Å². The van der Waals surface area contributed by atoms with E-state index in [9.17, 15) is 13.8 Å². The first-order chi connectivity index (χ1) is 7.95. The number of amides is 2. The van der Waals surface area contributed by atoms with Crippen molar-refractivity contribution in [3.63, 3.8) is 0 Å². The van der Waals surface area contributed by atoms with E-state index in [2.05, 4.69) is 10.6 Å². The van der Waals surface area contributed by atoms with E-state index >= 15 is 0 Å². The number of carboxylic acid groups (broad SMARTS) is 1. The first-order valence-corrected chi connectivity index (χ1v) is 7.22. The normalized spacial score (nSPS) is 13.8. The standard InChI is InChI=1S/C10H20N2O4S/c1-3-8(6-9(13)14)7-12-10(15)11-4-5-17(2)16/h8H,3-7H2,1-2H3,(H,13,14)(H2,11,12,15). The molecular formula is C10H20N2O4S. The van der Waals surface area contributed by atoms with Crippen molar-refractivity contribution in [2.24, 2.45) is 5.92 Å². The Bertz CT molecular complexity index is 283. The second-order valence-corrected chi connectivity index (χ2v) is 5.34. The van der Waals surface area contributed by atoms with Crippen molar-refractivity contribution >= 4 is 22.8 Å². The molecule has 2 amide bonds. The molecule has 17 heavy (non-hydrogen) atoms. The van der Waals surface area contributed by atoms with Gasteiger partial charge in [-0.25, -0.2) is 4.79 Å². The van der Waals surface area contributed by atoms with Crippen LogP contribution < -0.4 is 10.6 Å². The number of aliphatic carboxylic acids is 1. The highest BCUT2D eigenvalue weighted by Gasteiger charge is 2.12. The fourth-order valence-electron chi connectivity index (χ4n) is 1.22. The first kappa shape index (κ1) is 15.9. The molecule has 0 bridgehead atoms. The number of urea groups is 1. The maximum Gasteiger partial charge on any atom is 0.314 e. The maximum absolute atomic E-state index is 11.3. The summed E-state index contributed by atoms with van der Waals surface area (Å²) in [6.07, 6.45) is 2.32. The average Bonchev–Trinajstić information content (AvgIpc) is 2.23. The molecule has 0 spiro atoms. The zero-order valence-electron chi connectivity index (χ0n) is 10.2. The van der Waals surface area contributed by atoms with Crippen LogP contribution in [0.5, 0.6) is 0 Å². The van der Waals surface area contributed by atoms with E-state index in [1.807, 2.05) is 6.92 Å². The van der Waals surface area contributed by atoms with Crippen molar-refractivity contribution in [2.75, 3.05) is 25.1 Å². The number of nitrogens with one attached hydrogen (secondary N) is 2. The summed E-state index contributed by atoms with van der Waals surface area (Å²) in [6, 6.07) is -0.348. The molecule has 0 aromatic rings. The van der Waals surface area contributed by atoms with Gasteiger partial charge in [0.15, 0.2) is 0 Å². The third-order valence-electron chi connectivity index (χ3n) is 2.27. The molecule has 100 valence electrons. The molecule has 2 atom stereocenters. The van der Waals surface area contributed by atoms with Crippen LogP contribution in [0.25, 0.3) is 0 Å². The van der Waals surface area contributed by atoms with Crippen LogP contribution in [0, 0.1) is 5.92 Å². The second-order valence-electron chi connectivity index (χ2n) is 3.79. The minimum absolute atomic E-state index is 0.0513. The first-order valence-electron chi connectivity index (χ1n) is 5.49. The van der Waals surface area contributed by atoms with Gasteiger partial charge in [-0.2, -0.15) is 0 Å². The van der Waals surface area contributed by atoms with Crippen molar-refractivity contribution in [3.05, 3.63) is 0 Å². The van der Waals surface area contributed by atoms with Gasteiger partial charge in [0.25, 0.3) is 0 Å². The summed E-state index contributed by atoms with van der Waals surface area (Å²) in [7, 11) is -0.924. The number of rotatable bonds is 8. The zero-order valence-corrected chi connectivity index (χ0v) is 11.0. The van der Waals surface area contributed by atoms with Crippen molar-refractivity contribution in [1.82, 2.24) is 10.6 Å². The fraction of sp³-hybridized carbons (Fsp3) is 0.800. The SMILES string of the molecule is CCC(CNC(=O)NCCS(C)=O)CC(=O)O. The minimum Gasteiger partial charge on any atom is -0.481 e. The van der Waals surface area contributed by atoms with Gasteiger partial charge in [-0.3, -0.25) is 9.00 Å². The van der Waals surface area contributed by atoms with Gasteiger partial charge in [-0.15, -0.1) is 0 Å². The highest BCUT2D eigenvalue weighted by molar-refractivity contribution is 7.84. The largest absolute Gasteiger partial charge is 0.481 e. The van der Waals surface area contributed by atoms with Gasteiger partial charge in [-0.05, 0) is 5.92 Å². The number of hydrogen-bond acceptors (Lipinski definition) is 3. The molecule has 6 nitrogen and oxygen atoms in total. The average molecular weight is 264 g/mol. The highest BCUT2D eigenvalue weighted by Crippen LogP contribution is 2.06. The Morgan fingerprint density at radius 2 is 2.00 bits per heavy atom. The third kappa shape index (κ3) is 9.80. The summed E-state index contributed by atoms with van der Waals surface area (Å²) < 4.78 is 10.7. The van der Waals surface area contributed by atoms with Crippen molar-refractivity contribution < 1.29 is 18.9 Å². The molecule has 0 aromatic carbocycles. The zero-order chi connectivity index (χ0) is 13.3. The monoisotopic (exact) mass is 264 g/mol. The van der Waals surface area contributed by atoms with Crippen LogP contribution in [0.3, 0.4) is 0 Å². The number of carbonyl (C=O) groups excluding carboxylic acids is 1. The van der Waals surface area contributed by atoms with Crippen LogP contribution in [-0.4, -0.2) is 46.4 Å². The van der Waals surface area contributed by atoms with Gasteiger partial charge in [0.05, 0.1) is 0 Å². The Labute approximate surface area is 104 Å². The van der Waals surface area contributed by atoms with Crippen LogP contribution in [0.2, 0.25) is 0 Å². The molecule has 0 saturated carbocycles. The third-order valence-corrected chi connectivity index (χ3v) is 3.05. The van der Waals surface area contributed by atoms with Gasteiger partial charge < -0.3 is 15.7 Å². The van der Waals surface area contributed by atoms with Crippen LogP contribution in [0.15, 0.2) is 0 Å². The predicted molar refractivity (Wildman–Crippen MR) is 66.4 cm³/mol. The second kappa shape index (κ2) is 8.98. The fourth-order valence-corrected chi connectivity index (χ4v) is 1.61. The van der Waals surface area contributed by atoms with Crippen LogP contribution in [-0.2, 0) is 15.6 Å². The molecule has 0 heterocycles. The summed E-state index contributed by atoms with van der Waals surface area (Å²) in [5.41, 5.74) is 0. The molecule has 0 fully saturated rings. The molecule has 0 rings (SSSR count). The molecule has 0 aliphatic heterocycles. The van der Waals surface area contributed by atoms with Gasteiger partial charge in [0.1, 0.15) is 0 Å². The molecule has 0 saturated heterocycles. The van der Waals surface area contributed by atoms with E-state index in [4.69, 9.17) is 5.11 Å². The summed E-state index contributed by atoms with van der Waals surface area (Å²) in [4.78, 5) is 21.8. The Morgan fingerprint density at radius 1 is 1.35 bits per heavy atom. The lowest BCUT2D eigenvalue weighted by atomic mass is 10.0. The van der Waals surface area contributed by atoms with E-state index < -0.39 is 16.8 Å². The van der Waals surface area contributed by atoms with E-state index in [0.29, 0.717) is 25.3 Å². The Hall–Kier alpha value is -1.11. The van der Waals surface area contributed by atoms with Crippen LogP contribution >= 0.6 is 0 Å². The lowest BCUT2D eigenvalue weighted by molar-refractivity contribution is -0.138. The van der Waals surface area contributed by atoms with Crippen molar-refractivity contribution in [1.29, 1.82) is 0 Å². The molecule has 7 heteroatoms. The van der Waals surface area contributed by atoms with Gasteiger partial charge in [0.2, 0.25) is 0 Å². The minimum atomic E-state index is -0.924. The smallest absolute Gasteiger partial charge is 0.314 e. The van der Waals surface area contributed by atoms with Gasteiger partial charge in [-0.1, -0.05) is 13.3 Å². The summed E-state index contributed by atoms with van der Waals surface area (Å²) in [5.74, 6) is -0.501. The quantitative estimate of drug-likeness (QED) is 0.582. The van der Waals surface area contributed by atoms with Gasteiger partial charge in [0, 0.05) is 42.3 Å². The molecule has 3 N–H and O–H groups in total. The van der Waals surface area contributed by atoms with E-state index in [1.165, 1.54) is 0 Å². The molecule has 0 aromatic heterocycles. The highest BCUT2D eigenvalue weighted by atomic mass is 32.2. The number of hydrogen-bond donors (Lipinski definition) is 3. The summed E-state index contributed by atoms with van der Waals surface area (Å²) in [6.45, 7) is 2.57. The van der Waals surface area contributed by atoms with Crippen molar-refractivity contribution in [3.8, 4) is 0 Å². The Morgan fingerprint density at radius 3 is 2.47 bits per heavy atom. The molecular weight excluding hydrogens is 244 g/mol. The molecule has 2 unspecified atom stereocenters. The topological polar surface area (TPSA) is 95.5 Å². The van der Waals surface area contributed by atoms with Gasteiger partial charge >= 0.3 is 12.0 Å². The van der Waals surface area contributed by atoms with E-state index in [-0.39, 0.29) is 18.4 Å². The molecule has 0 radical (unpaired) electrons. The number of carboxylic acids is 1. The Balaban J connectivity index is 3.73. The predicted octanol–water partition coefficient (Wildman–Crippen LogP) is 0.165. The van der Waals surface area contributed by atoms with Crippen LogP contribution in [0.1, 0.15) is 19.8 Å². The maximum atomic E-state index is 11.3. The molecule has 0 aliphatic carbocycles. The molecule has 0 aliphatic rings. The Kier molecular flexibility index (Phi) is 8.39. The van der Waals surface area contributed by atoms with E-state index in [1.54, 1.807) is 6.26 Å². The summed E-state index contributed by atoms with van der Waals surface area (Å²) in [5, 5.41) is 13.8.